The highest BCUT2D eigenvalue weighted by atomic mass is 79.9. The van der Waals surface area contributed by atoms with Gasteiger partial charge in [0.1, 0.15) is 0 Å². The van der Waals surface area contributed by atoms with Gasteiger partial charge in [0.2, 0.25) is 0 Å². The quantitative estimate of drug-likeness (QED) is 0.688. The number of hydrogen-bond donors (Lipinski definition) is 0. The van der Waals surface area contributed by atoms with Gasteiger partial charge in [0, 0.05) is 28.9 Å². The summed E-state index contributed by atoms with van der Waals surface area (Å²) >= 11 is 3.60. The Kier molecular flexibility index (Phi) is 3.17. The molecule has 2 aromatic rings. The molecule has 2 heterocycles. The SMILES string of the molecule is C[Si](C)(C)c1ccc2c(c1)CN1CN2Cc2cc(Br)ccc21. The van der Waals surface area contributed by atoms with Crippen molar-refractivity contribution in [1.82, 2.24) is 0 Å². The van der Waals surface area contributed by atoms with Gasteiger partial charge in [0.15, 0.2) is 0 Å². The first kappa shape index (κ1) is 14.3. The Labute approximate surface area is 141 Å². The number of anilines is 2. The van der Waals surface area contributed by atoms with Crippen LogP contribution in [0, 0.1) is 0 Å². The number of fused-ring (bicyclic) bond motifs is 6. The van der Waals surface area contributed by atoms with Crippen LogP contribution in [0.25, 0.3) is 0 Å². The second kappa shape index (κ2) is 4.87. The van der Waals surface area contributed by atoms with Gasteiger partial charge in [-0.1, -0.05) is 52.9 Å². The van der Waals surface area contributed by atoms with Crippen LogP contribution in [0.3, 0.4) is 0 Å². The number of halogens is 1. The lowest BCUT2D eigenvalue weighted by atomic mass is 10.0. The van der Waals surface area contributed by atoms with Crippen LogP contribution in [0.4, 0.5) is 11.4 Å². The molecule has 2 aromatic carbocycles. The molecule has 0 aromatic heterocycles. The van der Waals surface area contributed by atoms with Crippen molar-refractivity contribution in [3.63, 3.8) is 0 Å². The standard InChI is InChI=1S/C18H21BrN2Si/c1-22(2,3)16-5-7-18-14(9-16)11-21-12-20(18)10-13-8-15(19)4-6-17(13)21/h4-9H,10-12H2,1-3H3. The minimum Gasteiger partial charge on any atom is -0.349 e. The molecule has 0 atom stereocenters. The Hall–Kier alpha value is -1.26. The topological polar surface area (TPSA) is 6.48 Å². The van der Waals surface area contributed by atoms with E-state index in [0.29, 0.717) is 0 Å². The predicted molar refractivity (Wildman–Crippen MR) is 101 cm³/mol. The fourth-order valence-corrected chi connectivity index (χ4v) is 5.12. The van der Waals surface area contributed by atoms with Crippen molar-refractivity contribution in [3.05, 3.63) is 52.0 Å². The first-order chi connectivity index (χ1) is 10.4. The maximum atomic E-state index is 3.60. The lowest BCUT2D eigenvalue weighted by Gasteiger charge is -2.45. The lowest BCUT2D eigenvalue weighted by molar-refractivity contribution is 0.651. The zero-order valence-corrected chi connectivity index (χ0v) is 15.9. The van der Waals surface area contributed by atoms with Gasteiger partial charge in [-0.3, -0.25) is 0 Å². The van der Waals surface area contributed by atoms with Crippen LogP contribution in [-0.4, -0.2) is 14.7 Å². The molecule has 2 bridgehead atoms. The van der Waals surface area contributed by atoms with E-state index in [1.807, 2.05) is 0 Å². The van der Waals surface area contributed by atoms with E-state index in [-0.39, 0.29) is 0 Å². The molecule has 4 heteroatoms. The average Bonchev–Trinajstić information content (AvgIpc) is 2.45. The number of benzene rings is 2. The number of hydrogen-bond acceptors (Lipinski definition) is 2. The molecule has 0 amide bonds. The van der Waals surface area contributed by atoms with E-state index < -0.39 is 8.07 Å². The Morgan fingerprint density at radius 2 is 1.45 bits per heavy atom. The van der Waals surface area contributed by atoms with Gasteiger partial charge >= 0.3 is 0 Å². The minimum atomic E-state index is -1.25. The van der Waals surface area contributed by atoms with Crippen molar-refractivity contribution in [2.24, 2.45) is 0 Å². The Morgan fingerprint density at radius 1 is 0.864 bits per heavy atom. The highest BCUT2D eigenvalue weighted by Crippen LogP contribution is 2.38. The summed E-state index contributed by atoms with van der Waals surface area (Å²) in [4.78, 5) is 5.00. The summed E-state index contributed by atoms with van der Waals surface area (Å²) < 4.78 is 1.17. The summed E-state index contributed by atoms with van der Waals surface area (Å²) in [6.45, 7) is 10.3. The molecule has 114 valence electrons. The average molecular weight is 373 g/mol. The fraction of sp³-hybridized carbons (Fsp3) is 0.333. The molecule has 0 N–H and O–H groups in total. The molecule has 0 saturated carbocycles. The Balaban J connectivity index is 1.77. The van der Waals surface area contributed by atoms with Crippen molar-refractivity contribution in [2.45, 2.75) is 32.7 Å². The molecule has 0 radical (unpaired) electrons. The zero-order valence-electron chi connectivity index (χ0n) is 13.4. The second-order valence-electron chi connectivity index (χ2n) is 7.40. The molecule has 0 fully saturated rings. The van der Waals surface area contributed by atoms with Crippen molar-refractivity contribution in [3.8, 4) is 0 Å². The molecule has 4 rings (SSSR count). The Bertz CT molecular complexity index is 751. The summed E-state index contributed by atoms with van der Waals surface area (Å²) in [5, 5.41) is 1.56. The highest BCUT2D eigenvalue weighted by Gasteiger charge is 2.30. The molecular weight excluding hydrogens is 352 g/mol. The van der Waals surface area contributed by atoms with E-state index in [9.17, 15) is 0 Å². The van der Waals surface area contributed by atoms with E-state index in [1.54, 1.807) is 5.19 Å². The normalized spacial score (nSPS) is 16.4. The van der Waals surface area contributed by atoms with Crippen molar-refractivity contribution >= 4 is 40.6 Å². The van der Waals surface area contributed by atoms with Gasteiger partial charge in [0.05, 0.1) is 14.7 Å². The number of nitrogens with zero attached hydrogens (tertiary/aromatic N) is 2. The number of rotatable bonds is 1. The molecule has 0 unspecified atom stereocenters. The maximum Gasteiger partial charge on any atom is 0.0910 e. The molecular formula is C18H21BrN2Si. The van der Waals surface area contributed by atoms with Gasteiger partial charge in [-0.05, 0) is 35.4 Å². The summed E-state index contributed by atoms with van der Waals surface area (Å²) in [6, 6.07) is 13.8. The second-order valence-corrected chi connectivity index (χ2v) is 13.4. The largest absolute Gasteiger partial charge is 0.349 e. The van der Waals surface area contributed by atoms with E-state index in [1.165, 1.54) is 27.0 Å². The fourth-order valence-electron chi connectivity index (χ4n) is 3.52. The van der Waals surface area contributed by atoms with Gasteiger partial charge < -0.3 is 9.80 Å². The first-order valence-corrected chi connectivity index (χ1v) is 12.1. The van der Waals surface area contributed by atoms with Crippen LogP contribution in [-0.2, 0) is 13.1 Å². The molecule has 0 aliphatic carbocycles. The zero-order chi connectivity index (χ0) is 15.5. The van der Waals surface area contributed by atoms with E-state index in [4.69, 9.17) is 0 Å². The minimum absolute atomic E-state index is 1.00. The summed E-state index contributed by atoms with van der Waals surface area (Å²) in [7, 11) is -1.25. The smallest absolute Gasteiger partial charge is 0.0910 e. The van der Waals surface area contributed by atoms with Crippen molar-refractivity contribution in [2.75, 3.05) is 16.5 Å². The molecule has 0 spiro atoms. The molecule has 2 aliphatic rings. The molecule has 2 aliphatic heterocycles. The van der Waals surface area contributed by atoms with Crippen LogP contribution < -0.4 is 15.0 Å². The third-order valence-corrected chi connectivity index (χ3v) is 7.27. The van der Waals surface area contributed by atoms with E-state index in [2.05, 4.69) is 81.8 Å². The Morgan fingerprint density at radius 3 is 2.09 bits per heavy atom. The summed E-state index contributed by atoms with van der Waals surface area (Å²) in [5.74, 6) is 0. The van der Waals surface area contributed by atoms with Crippen molar-refractivity contribution in [1.29, 1.82) is 0 Å². The maximum absolute atomic E-state index is 3.60. The van der Waals surface area contributed by atoms with E-state index in [0.717, 1.165) is 19.8 Å². The van der Waals surface area contributed by atoms with E-state index >= 15 is 0 Å². The van der Waals surface area contributed by atoms with Crippen molar-refractivity contribution < 1.29 is 0 Å². The third-order valence-electron chi connectivity index (χ3n) is 4.73. The predicted octanol–water partition coefficient (Wildman–Crippen LogP) is 4.29. The lowest BCUT2D eigenvalue weighted by Crippen LogP contribution is -2.47. The van der Waals surface area contributed by atoms with Gasteiger partial charge in [-0.15, -0.1) is 0 Å². The van der Waals surface area contributed by atoms with Gasteiger partial charge in [-0.2, -0.15) is 0 Å². The van der Waals surface area contributed by atoms with Crippen LogP contribution >= 0.6 is 15.9 Å². The molecule has 0 saturated heterocycles. The summed E-state index contributed by atoms with van der Waals surface area (Å²) in [6.07, 6.45) is 0. The third kappa shape index (κ3) is 2.29. The highest BCUT2D eigenvalue weighted by molar-refractivity contribution is 9.10. The van der Waals surface area contributed by atoms with Crippen LogP contribution in [0.5, 0.6) is 0 Å². The van der Waals surface area contributed by atoms with Crippen LogP contribution in [0.2, 0.25) is 19.6 Å². The molecule has 22 heavy (non-hydrogen) atoms. The van der Waals surface area contributed by atoms with Crippen LogP contribution in [0.1, 0.15) is 11.1 Å². The molecule has 2 nitrogen and oxygen atoms in total. The summed E-state index contributed by atoms with van der Waals surface area (Å²) in [5.41, 5.74) is 5.72. The van der Waals surface area contributed by atoms with Gasteiger partial charge in [-0.25, -0.2) is 0 Å². The monoisotopic (exact) mass is 372 g/mol. The van der Waals surface area contributed by atoms with Crippen LogP contribution in [0.15, 0.2) is 40.9 Å². The van der Waals surface area contributed by atoms with Gasteiger partial charge in [0.25, 0.3) is 0 Å². The first-order valence-electron chi connectivity index (χ1n) is 7.83.